The van der Waals surface area contributed by atoms with Crippen molar-refractivity contribution < 1.29 is 23.5 Å². The molecular formula is C19H18N2O6. The van der Waals surface area contributed by atoms with Crippen LogP contribution in [0.5, 0.6) is 0 Å². The highest BCUT2D eigenvalue weighted by Crippen LogP contribution is 2.18. The van der Waals surface area contributed by atoms with Crippen molar-refractivity contribution in [1.82, 2.24) is 4.57 Å². The number of ether oxygens (including phenoxy) is 2. The normalized spacial score (nSPS) is 10.6. The maximum absolute atomic E-state index is 12.2. The molecule has 1 amide bonds. The number of nitrogens with zero attached hydrogens (tertiary/aromatic N) is 1. The van der Waals surface area contributed by atoms with Crippen molar-refractivity contribution in [3.8, 4) is 0 Å². The Morgan fingerprint density at radius 3 is 2.74 bits per heavy atom. The van der Waals surface area contributed by atoms with Gasteiger partial charge in [0.1, 0.15) is 0 Å². The van der Waals surface area contributed by atoms with Crippen molar-refractivity contribution in [3.05, 3.63) is 64.1 Å². The highest BCUT2D eigenvalue weighted by atomic mass is 16.5. The minimum atomic E-state index is -0.546. The molecule has 0 saturated carbocycles. The minimum Gasteiger partial charge on any atom is -0.465 e. The molecule has 0 aliphatic carbocycles. The van der Waals surface area contributed by atoms with E-state index in [2.05, 4.69) is 10.1 Å². The van der Waals surface area contributed by atoms with Crippen molar-refractivity contribution in [3.63, 3.8) is 0 Å². The summed E-state index contributed by atoms with van der Waals surface area (Å²) in [4.78, 5) is 35.4. The topological polar surface area (TPSA) is 99.8 Å². The van der Waals surface area contributed by atoms with Crippen molar-refractivity contribution in [2.45, 2.75) is 13.5 Å². The van der Waals surface area contributed by atoms with E-state index in [1.54, 1.807) is 37.3 Å². The molecule has 2 aromatic carbocycles. The molecule has 0 bridgehead atoms. The number of aromatic nitrogens is 1. The van der Waals surface area contributed by atoms with Gasteiger partial charge in [-0.2, -0.15) is 0 Å². The van der Waals surface area contributed by atoms with Gasteiger partial charge in [-0.3, -0.25) is 9.88 Å². The predicted molar refractivity (Wildman–Crippen MR) is 98.0 cm³/mol. The zero-order chi connectivity index (χ0) is 19.4. The van der Waals surface area contributed by atoms with Gasteiger partial charge in [0.25, 0.3) is 0 Å². The van der Waals surface area contributed by atoms with Crippen LogP contribution in [0.1, 0.15) is 22.8 Å². The first-order valence-corrected chi connectivity index (χ1v) is 8.26. The third-order valence-electron chi connectivity index (χ3n) is 3.88. The van der Waals surface area contributed by atoms with Gasteiger partial charge in [0.2, 0.25) is 0 Å². The van der Waals surface area contributed by atoms with E-state index in [1.807, 2.05) is 6.07 Å². The lowest BCUT2D eigenvalue weighted by Crippen LogP contribution is -2.16. The number of oxazole rings is 1. The molecule has 0 atom stereocenters. The summed E-state index contributed by atoms with van der Waals surface area (Å²) >= 11 is 0. The Bertz CT molecular complexity index is 1050. The average Bonchev–Trinajstić information content (AvgIpc) is 2.96. The first kappa shape index (κ1) is 18.2. The monoisotopic (exact) mass is 370 g/mol. The van der Waals surface area contributed by atoms with E-state index in [4.69, 9.17) is 9.15 Å². The van der Waals surface area contributed by atoms with E-state index in [1.165, 1.54) is 17.7 Å². The molecule has 0 saturated heterocycles. The van der Waals surface area contributed by atoms with E-state index in [9.17, 15) is 14.4 Å². The van der Waals surface area contributed by atoms with E-state index in [0.717, 1.165) is 5.56 Å². The number of carbonyl (C=O) groups is 2. The molecule has 27 heavy (non-hydrogen) atoms. The Labute approximate surface area is 154 Å². The number of fused-ring (bicyclic) bond motifs is 1. The maximum atomic E-state index is 12.2. The molecule has 3 aromatic rings. The van der Waals surface area contributed by atoms with Crippen LogP contribution < -0.4 is 11.1 Å². The third-order valence-corrected chi connectivity index (χ3v) is 3.88. The molecule has 8 nitrogen and oxygen atoms in total. The first-order valence-electron chi connectivity index (χ1n) is 8.26. The van der Waals surface area contributed by atoms with Gasteiger partial charge in [0.05, 0.1) is 31.3 Å². The summed E-state index contributed by atoms with van der Waals surface area (Å²) in [6.07, 6.45) is -0.545. The Morgan fingerprint density at radius 1 is 1.19 bits per heavy atom. The molecule has 3 rings (SSSR count). The van der Waals surface area contributed by atoms with Crippen molar-refractivity contribution in [1.29, 1.82) is 0 Å². The molecule has 0 fully saturated rings. The van der Waals surface area contributed by atoms with Crippen molar-refractivity contribution >= 4 is 28.8 Å². The van der Waals surface area contributed by atoms with Gasteiger partial charge in [-0.15, -0.1) is 0 Å². The maximum Gasteiger partial charge on any atom is 0.420 e. The number of rotatable bonds is 5. The fraction of sp³-hybridized carbons (Fsp3) is 0.211. The molecule has 0 aliphatic heterocycles. The third kappa shape index (κ3) is 4.00. The van der Waals surface area contributed by atoms with Gasteiger partial charge in [-0.25, -0.2) is 14.4 Å². The molecule has 140 valence electrons. The second-order valence-electron chi connectivity index (χ2n) is 5.67. The molecule has 0 unspecified atom stereocenters. The van der Waals surface area contributed by atoms with Crippen LogP contribution in [0.15, 0.2) is 51.7 Å². The number of benzene rings is 2. The van der Waals surface area contributed by atoms with Crippen LogP contribution in [0.25, 0.3) is 11.1 Å². The summed E-state index contributed by atoms with van der Waals surface area (Å²) < 4.78 is 16.2. The summed E-state index contributed by atoms with van der Waals surface area (Å²) in [5.41, 5.74) is 2.48. The molecule has 0 radical (unpaired) electrons. The molecule has 1 N–H and O–H groups in total. The van der Waals surface area contributed by atoms with E-state index in [-0.39, 0.29) is 13.2 Å². The number of hydrogen-bond donors (Lipinski definition) is 1. The SMILES string of the molecule is CCOC(=O)Nc1cccc(Cn2c(=O)oc3cc(C(=O)OC)ccc32)c1. The van der Waals surface area contributed by atoms with Gasteiger partial charge in [-0.05, 0) is 42.8 Å². The van der Waals surface area contributed by atoms with Crippen LogP contribution in [-0.4, -0.2) is 30.3 Å². The van der Waals surface area contributed by atoms with E-state index in [0.29, 0.717) is 22.4 Å². The summed E-state index contributed by atoms with van der Waals surface area (Å²) in [5, 5.41) is 2.62. The Balaban J connectivity index is 1.88. The lowest BCUT2D eigenvalue weighted by molar-refractivity contribution is 0.0600. The van der Waals surface area contributed by atoms with Gasteiger partial charge >= 0.3 is 17.8 Å². The Morgan fingerprint density at radius 2 is 2.00 bits per heavy atom. The second kappa shape index (κ2) is 7.77. The van der Waals surface area contributed by atoms with E-state index >= 15 is 0 Å². The van der Waals surface area contributed by atoms with Crippen LogP contribution in [0.3, 0.4) is 0 Å². The Hall–Kier alpha value is -3.55. The van der Waals surface area contributed by atoms with Gasteiger partial charge in [-0.1, -0.05) is 12.1 Å². The van der Waals surface area contributed by atoms with Crippen molar-refractivity contribution in [2.24, 2.45) is 0 Å². The van der Waals surface area contributed by atoms with Crippen LogP contribution >= 0.6 is 0 Å². The Kier molecular flexibility index (Phi) is 5.25. The number of nitrogens with one attached hydrogen (secondary N) is 1. The molecule has 1 heterocycles. The first-order chi connectivity index (χ1) is 13.0. The zero-order valence-corrected chi connectivity index (χ0v) is 14.9. The van der Waals surface area contributed by atoms with Crippen molar-refractivity contribution in [2.75, 3.05) is 19.0 Å². The predicted octanol–water partition coefficient (Wildman–Crippen LogP) is 3.00. The molecule has 1 aromatic heterocycles. The van der Waals surface area contributed by atoms with Gasteiger partial charge in [0, 0.05) is 5.69 Å². The number of hydrogen-bond acceptors (Lipinski definition) is 6. The number of carbonyl (C=O) groups excluding carboxylic acids is 2. The lowest BCUT2D eigenvalue weighted by Gasteiger charge is -2.08. The number of amides is 1. The highest BCUT2D eigenvalue weighted by Gasteiger charge is 2.14. The smallest absolute Gasteiger partial charge is 0.420 e. The van der Waals surface area contributed by atoms with Crippen LogP contribution in [0, 0.1) is 0 Å². The lowest BCUT2D eigenvalue weighted by atomic mass is 10.2. The minimum absolute atomic E-state index is 0.238. The van der Waals surface area contributed by atoms with Crippen LogP contribution in [-0.2, 0) is 16.0 Å². The van der Waals surface area contributed by atoms with Gasteiger partial charge < -0.3 is 13.9 Å². The second-order valence-corrected chi connectivity index (χ2v) is 5.67. The fourth-order valence-corrected chi connectivity index (χ4v) is 2.68. The number of anilines is 1. The molecule has 0 aliphatic rings. The fourth-order valence-electron chi connectivity index (χ4n) is 2.68. The molecule has 8 heteroatoms. The zero-order valence-electron chi connectivity index (χ0n) is 14.9. The molecule has 0 spiro atoms. The highest BCUT2D eigenvalue weighted by molar-refractivity contribution is 5.93. The van der Waals surface area contributed by atoms with Crippen LogP contribution in [0.4, 0.5) is 10.5 Å². The largest absolute Gasteiger partial charge is 0.465 e. The number of esters is 1. The van der Waals surface area contributed by atoms with E-state index < -0.39 is 17.8 Å². The summed E-state index contributed by atoms with van der Waals surface area (Å²) in [6.45, 7) is 2.23. The van der Waals surface area contributed by atoms with Crippen LogP contribution in [0.2, 0.25) is 0 Å². The quantitative estimate of drug-likeness (QED) is 0.693. The summed E-state index contributed by atoms with van der Waals surface area (Å²) in [5.74, 6) is -1.05. The number of methoxy groups -OCH3 is 1. The van der Waals surface area contributed by atoms with Gasteiger partial charge in [0.15, 0.2) is 5.58 Å². The standard InChI is InChI=1S/C19H18N2O6/c1-3-26-18(23)20-14-6-4-5-12(9-14)11-21-15-8-7-13(17(22)25-2)10-16(15)27-19(21)24/h4-10H,3,11H2,1-2H3,(H,20,23). The molecular weight excluding hydrogens is 352 g/mol. The summed E-state index contributed by atoms with van der Waals surface area (Å²) in [6, 6.07) is 11.7. The average molecular weight is 370 g/mol. The summed E-state index contributed by atoms with van der Waals surface area (Å²) in [7, 11) is 1.28.